The van der Waals surface area contributed by atoms with Gasteiger partial charge >= 0.3 is 5.69 Å². The average Bonchev–Trinajstić information content (AvgIpc) is 3.02. The summed E-state index contributed by atoms with van der Waals surface area (Å²) in [7, 11) is 0. The summed E-state index contributed by atoms with van der Waals surface area (Å²) < 4.78 is 2.15. The number of thiophene rings is 1. The van der Waals surface area contributed by atoms with Crippen molar-refractivity contribution in [3.8, 4) is 6.07 Å². The topological polar surface area (TPSA) is 86.8 Å². The molecule has 3 aromatic rings. The molecule has 0 aromatic carbocycles. The zero-order chi connectivity index (χ0) is 14.1. The van der Waals surface area contributed by atoms with Gasteiger partial charge in [-0.1, -0.05) is 11.8 Å². The first-order chi connectivity index (χ1) is 9.67. The fraction of sp³-hybridized carbons (Fsp3) is 0.0909. The molecule has 0 unspecified atom stereocenters. The number of aromatic nitrogens is 4. The van der Waals surface area contributed by atoms with E-state index in [0.29, 0.717) is 10.9 Å². The van der Waals surface area contributed by atoms with Gasteiger partial charge in [-0.2, -0.15) is 14.9 Å². The number of nitrogens with zero attached hydrogens (tertiary/aromatic N) is 4. The third-order valence-electron chi connectivity index (χ3n) is 2.48. The highest BCUT2D eigenvalue weighted by Crippen LogP contribution is 2.26. The van der Waals surface area contributed by atoms with Crippen molar-refractivity contribution in [1.82, 2.24) is 19.6 Å². The largest absolute Gasteiger partial charge is 0.350 e. The standard InChI is InChI=1S/C11H6BrN5OS2/c12-8-1-6(4-19-8)5-20-10-15-9-7(2-13)3-14-17(9)11(18)16-10/h1,3-4H,5H2,(H,15,16,18). The Labute approximate surface area is 129 Å². The van der Waals surface area contributed by atoms with Crippen molar-refractivity contribution in [3.63, 3.8) is 0 Å². The fourth-order valence-electron chi connectivity index (χ4n) is 1.59. The normalized spacial score (nSPS) is 10.8. The van der Waals surface area contributed by atoms with Gasteiger partial charge in [0.25, 0.3) is 0 Å². The highest BCUT2D eigenvalue weighted by atomic mass is 79.9. The summed E-state index contributed by atoms with van der Waals surface area (Å²) in [6.45, 7) is 0. The number of aromatic amines is 1. The lowest BCUT2D eigenvalue weighted by Crippen LogP contribution is -2.19. The van der Waals surface area contributed by atoms with Crippen LogP contribution < -0.4 is 5.69 Å². The van der Waals surface area contributed by atoms with Crippen LogP contribution in [0.5, 0.6) is 0 Å². The van der Waals surface area contributed by atoms with Gasteiger partial charge in [-0.15, -0.1) is 11.3 Å². The van der Waals surface area contributed by atoms with E-state index in [1.807, 2.05) is 17.5 Å². The van der Waals surface area contributed by atoms with Crippen molar-refractivity contribution in [2.45, 2.75) is 10.9 Å². The Kier molecular flexibility index (Phi) is 3.60. The zero-order valence-electron chi connectivity index (χ0n) is 9.83. The molecular weight excluding hydrogens is 362 g/mol. The molecule has 0 atom stereocenters. The summed E-state index contributed by atoms with van der Waals surface area (Å²) in [5.41, 5.74) is 1.32. The first kappa shape index (κ1) is 13.4. The van der Waals surface area contributed by atoms with Crippen LogP contribution in [0.4, 0.5) is 0 Å². The third-order valence-corrected chi connectivity index (χ3v) is 4.97. The summed E-state index contributed by atoms with van der Waals surface area (Å²) in [6.07, 6.45) is 1.34. The molecule has 1 N–H and O–H groups in total. The second-order valence-electron chi connectivity index (χ2n) is 3.80. The maximum absolute atomic E-state index is 11.8. The second-order valence-corrected chi connectivity index (χ2v) is 7.05. The molecule has 0 aliphatic carbocycles. The maximum atomic E-state index is 11.8. The maximum Gasteiger partial charge on any atom is 0.350 e. The Morgan fingerprint density at radius 1 is 1.60 bits per heavy atom. The molecule has 9 heteroatoms. The van der Waals surface area contributed by atoms with Crippen molar-refractivity contribution in [2.75, 3.05) is 0 Å². The minimum Gasteiger partial charge on any atom is -0.285 e. The van der Waals surface area contributed by atoms with E-state index in [2.05, 4.69) is 31.0 Å². The Hall–Kier alpha value is -1.63. The summed E-state index contributed by atoms with van der Waals surface area (Å²) in [6, 6.07) is 3.99. The van der Waals surface area contributed by atoms with Crippen LogP contribution in [0.25, 0.3) is 5.65 Å². The monoisotopic (exact) mass is 367 g/mol. The third kappa shape index (κ3) is 2.49. The molecule has 0 radical (unpaired) electrons. The lowest BCUT2D eigenvalue weighted by Gasteiger charge is -2.00. The number of hydrogen-bond acceptors (Lipinski definition) is 6. The molecule has 3 aromatic heterocycles. The van der Waals surface area contributed by atoms with Gasteiger partial charge in [0.1, 0.15) is 11.6 Å². The second kappa shape index (κ2) is 5.40. The van der Waals surface area contributed by atoms with Crippen molar-refractivity contribution >= 4 is 44.7 Å². The van der Waals surface area contributed by atoms with Crippen LogP contribution in [-0.4, -0.2) is 19.6 Å². The quantitative estimate of drug-likeness (QED) is 0.718. The number of thioether (sulfide) groups is 1. The SMILES string of the molecule is N#Cc1cnn2c(=O)[nH]c(SCc3csc(Br)c3)nc12. The van der Waals surface area contributed by atoms with Gasteiger partial charge in [0.2, 0.25) is 0 Å². The summed E-state index contributed by atoms with van der Waals surface area (Å²) in [5.74, 6) is 0.692. The van der Waals surface area contributed by atoms with Crippen LogP contribution >= 0.6 is 39.0 Å². The molecule has 0 spiro atoms. The highest BCUT2D eigenvalue weighted by Gasteiger charge is 2.10. The summed E-state index contributed by atoms with van der Waals surface area (Å²) in [5, 5.41) is 15.3. The van der Waals surface area contributed by atoms with Crippen molar-refractivity contribution in [2.24, 2.45) is 0 Å². The Balaban J connectivity index is 1.92. The van der Waals surface area contributed by atoms with Crippen LogP contribution in [0.15, 0.2) is 31.4 Å². The van der Waals surface area contributed by atoms with Crippen LogP contribution in [0.3, 0.4) is 0 Å². The van der Waals surface area contributed by atoms with Gasteiger partial charge < -0.3 is 0 Å². The lowest BCUT2D eigenvalue weighted by molar-refractivity contribution is 0.786. The van der Waals surface area contributed by atoms with E-state index in [0.717, 1.165) is 13.9 Å². The van der Waals surface area contributed by atoms with E-state index in [-0.39, 0.29) is 11.2 Å². The molecular formula is C11H6BrN5OS2. The van der Waals surface area contributed by atoms with Gasteiger partial charge in [-0.05, 0) is 32.9 Å². The van der Waals surface area contributed by atoms with E-state index in [4.69, 9.17) is 5.26 Å². The molecule has 0 fully saturated rings. The van der Waals surface area contributed by atoms with Crippen molar-refractivity contribution < 1.29 is 0 Å². The zero-order valence-corrected chi connectivity index (χ0v) is 13.0. The molecule has 0 saturated heterocycles. The van der Waals surface area contributed by atoms with Gasteiger partial charge in [-0.25, -0.2) is 9.78 Å². The molecule has 3 rings (SSSR count). The number of rotatable bonds is 3. The van der Waals surface area contributed by atoms with E-state index in [1.54, 1.807) is 11.3 Å². The Morgan fingerprint density at radius 3 is 3.15 bits per heavy atom. The Bertz CT molecular complexity index is 875. The number of H-pyrrole nitrogens is 1. The van der Waals surface area contributed by atoms with E-state index in [1.165, 1.54) is 18.0 Å². The number of fused-ring (bicyclic) bond motifs is 1. The van der Waals surface area contributed by atoms with Crippen LogP contribution in [0, 0.1) is 11.3 Å². The van der Waals surface area contributed by atoms with Crippen molar-refractivity contribution in [1.29, 1.82) is 5.26 Å². The van der Waals surface area contributed by atoms with Crippen LogP contribution in [0.2, 0.25) is 0 Å². The molecule has 0 aliphatic heterocycles. The van der Waals surface area contributed by atoms with Crippen LogP contribution in [0.1, 0.15) is 11.1 Å². The molecule has 0 amide bonds. The fourth-order valence-corrected chi connectivity index (χ4v) is 3.68. The van der Waals surface area contributed by atoms with E-state index >= 15 is 0 Å². The number of nitriles is 1. The van der Waals surface area contributed by atoms with Gasteiger partial charge in [0.15, 0.2) is 10.8 Å². The molecule has 20 heavy (non-hydrogen) atoms. The summed E-state index contributed by atoms with van der Waals surface area (Å²) in [4.78, 5) is 18.7. The van der Waals surface area contributed by atoms with Gasteiger partial charge in [0, 0.05) is 5.75 Å². The highest BCUT2D eigenvalue weighted by molar-refractivity contribution is 9.11. The number of nitrogens with one attached hydrogen (secondary N) is 1. The summed E-state index contributed by atoms with van der Waals surface area (Å²) >= 11 is 6.42. The molecule has 3 heterocycles. The minimum absolute atomic E-state index is 0.283. The number of halogens is 1. The molecule has 6 nitrogen and oxygen atoms in total. The van der Waals surface area contributed by atoms with Crippen LogP contribution in [-0.2, 0) is 5.75 Å². The lowest BCUT2D eigenvalue weighted by atomic mass is 10.4. The van der Waals surface area contributed by atoms with Gasteiger partial charge in [-0.3, -0.25) is 4.98 Å². The Morgan fingerprint density at radius 2 is 2.45 bits per heavy atom. The molecule has 0 saturated carbocycles. The minimum atomic E-state index is -0.398. The predicted octanol–water partition coefficient (Wildman–Crippen LogP) is 2.41. The molecule has 100 valence electrons. The first-order valence-electron chi connectivity index (χ1n) is 5.41. The van der Waals surface area contributed by atoms with E-state index in [9.17, 15) is 4.79 Å². The smallest absolute Gasteiger partial charge is 0.285 e. The first-order valence-corrected chi connectivity index (χ1v) is 8.07. The van der Waals surface area contributed by atoms with Gasteiger partial charge in [0.05, 0.1) is 9.98 Å². The predicted molar refractivity (Wildman–Crippen MR) is 79.9 cm³/mol. The molecule has 0 aliphatic rings. The number of hydrogen-bond donors (Lipinski definition) is 1. The van der Waals surface area contributed by atoms with E-state index < -0.39 is 5.69 Å². The van der Waals surface area contributed by atoms with Crippen molar-refractivity contribution in [3.05, 3.63) is 43.0 Å². The average molecular weight is 368 g/mol. The molecule has 0 bridgehead atoms.